The third-order valence-electron chi connectivity index (χ3n) is 4.27. The summed E-state index contributed by atoms with van der Waals surface area (Å²) in [6, 6.07) is 16.6. The van der Waals surface area contributed by atoms with Crippen LogP contribution in [0.4, 0.5) is 0 Å². The highest BCUT2D eigenvalue weighted by atomic mass is 35.5. The molecule has 0 aliphatic carbocycles. The Morgan fingerprint density at radius 1 is 1.17 bits per heavy atom. The summed E-state index contributed by atoms with van der Waals surface area (Å²) in [5, 5.41) is 4.00. The van der Waals surface area contributed by atoms with E-state index in [0.717, 1.165) is 16.9 Å². The van der Waals surface area contributed by atoms with Crippen molar-refractivity contribution in [3.8, 4) is 5.75 Å². The average Bonchev–Trinajstić information content (AvgIpc) is 2.72. The van der Waals surface area contributed by atoms with Crippen LogP contribution in [-0.2, 0) is 23.4 Å². The summed E-state index contributed by atoms with van der Waals surface area (Å²) < 4.78 is 5.13. The van der Waals surface area contributed by atoms with Crippen molar-refractivity contribution in [1.82, 2.24) is 15.3 Å². The fourth-order valence-electron chi connectivity index (χ4n) is 2.79. The van der Waals surface area contributed by atoms with Crippen LogP contribution in [0.3, 0.4) is 0 Å². The Balaban J connectivity index is 1.51. The van der Waals surface area contributed by atoms with Crippen LogP contribution >= 0.6 is 23.4 Å². The fraction of sp³-hybridized carbons (Fsp3) is 0.227. The highest BCUT2D eigenvalue weighted by molar-refractivity contribution is 7.98. The molecule has 2 N–H and O–H groups in total. The van der Waals surface area contributed by atoms with Crippen molar-refractivity contribution >= 4 is 29.3 Å². The van der Waals surface area contributed by atoms with Crippen molar-refractivity contribution in [1.29, 1.82) is 0 Å². The second-order valence-corrected chi connectivity index (χ2v) is 7.99. The van der Waals surface area contributed by atoms with Crippen LogP contribution in [0.25, 0.3) is 0 Å². The number of H-pyrrole nitrogens is 1. The molecule has 3 aromatic rings. The summed E-state index contributed by atoms with van der Waals surface area (Å²) in [7, 11) is 1.62. The molecule has 30 heavy (non-hydrogen) atoms. The lowest BCUT2D eigenvalue weighted by Gasteiger charge is -2.07. The van der Waals surface area contributed by atoms with Gasteiger partial charge in [0.05, 0.1) is 19.2 Å². The molecule has 0 saturated carbocycles. The number of nitrogens with zero attached hydrogens (tertiary/aromatic N) is 1. The first-order valence-electron chi connectivity index (χ1n) is 9.39. The number of halogens is 1. The molecule has 0 bridgehead atoms. The number of carbonyl (C=O) groups excluding carboxylic acids is 1. The molecule has 156 valence electrons. The maximum atomic E-state index is 12.2. The van der Waals surface area contributed by atoms with Gasteiger partial charge in [-0.1, -0.05) is 47.6 Å². The van der Waals surface area contributed by atoms with Crippen molar-refractivity contribution in [3.63, 3.8) is 0 Å². The summed E-state index contributed by atoms with van der Waals surface area (Å²) in [5.74, 6) is 1.24. The molecule has 2 aromatic carbocycles. The Bertz CT molecular complexity index is 1050. The number of aromatic nitrogens is 2. The van der Waals surface area contributed by atoms with E-state index in [2.05, 4.69) is 15.3 Å². The smallest absolute Gasteiger partial charge is 0.251 e. The summed E-state index contributed by atoms with van der Waals surface area (Å²) in [6.07, 6.45) is 0.760. The molecule has 0 spiro atoms. The second-order valence-electron chi connectivity index (χ2n) is 6.59. The van der Waals surface area contributed by atoms with Crippen molar-refractivity contribution in [3.05, 3.63) is 86.8 Å². The van der Waals surface area contributed by atoms with Gasteiger partial charge in [-0.25, -0.2) is 4.98 Å². The molecule has 0 radical (unpaired) electrons. The second kappa shape index (κ2) is 10.8. The number of ether oxygens (including phenoxy) is 1. The number of rotatable bonds is 9. The molecule has 3 rings (SSSR count). The van der Waals surface area contributed by atoms with E-state index in [-0.39, 0.29) is 17.9 Å². The van der Waals surface area contributed by atoms with Crippen molar-refractivity contribution < 1.29 is 9.53 Å². The van der Waals surface area contributed by atoms with Gasteiger partial charge in [-0.05, 0) is 41.8 Å². The maximum Gasteiger partial charge on any atom is 0.251 e. The Hall–Kier alpha value is -2.77. The molecule has 0 saturated heterocycles. The molecule has 1 heterocycles. The minimum Gasteiger partial charge on any atom is -0.497 e. The van der Waals surface area contributed by atoms with Crippen molar-refractivity contribution in [2.45, 2.75) is 23.8 Å². The third kappa shape index (κ3) is 6.93. The lowest BCUT2D eigenvalue weighted by atomic mass is 10.1. The van der Waals surface area contributed by atoms with Gasteiger partial charge in [0.15, 0.2) is 5.16 Å². The summed E-state index contributed by atoms with van der Waals surface area (Å²) >= 11 is 7.38. The van der Waals surface area contributed by atoms with Gasteiger partial charge >= 0.3 is 0 Å². The molecule has 8 heteroatoms. The molecule has 0 aliphatic heterocycles. The molecule has 1 aromatic heterocycles. The summed E-state index contributed by atoms with van der Waals surface area (Å²) in [5.41, 5.74) is 2.29. The van der Waals surface area contributed by atoms with Crippen LogP contribution in [0, 0.1) is 0 Å². The monoisotopic (exact) mass is 443 g/mol. The standard InChI is InChI=1S/C22H22ClN3O3S/c1-29-19-7-5-15(6-8-19)9-10-24-20(27)12-18-13-21(28)26-22(25-18)30-14-16-3-2-4-17(23)11-16/h2-8,11,13H,9-10,12,14H2,1H3,(H,24,27)(H,25,26,28). The Labute approximate surface area is 184 Å². The van der Waals surface area contributed by atoms with Gasteiger partial charge in [0.25, 0.3) is 5.56 Å². The number of carbonyl (C=O) groups is 1. The number of benzene rings is 2. The predicted octanol–water partition coefficient (Wildman–Crippen LogP) is 3.63. The van der Waals surface area contributed by atoms with Gasteiger partial charge in [-0.3, -0.25) is 9.59 Å². The zero-order chi connectivity index (χ0) is 21.3. The van der Waals surface area contributed by atoms with E-state index in [1.807, 2.05) is 48.5 Å². The van der Waals surface area contributed by atoms with E-state index < -0.39 is 0 Å². The molecular formula is C22H22ClN3O3S. The van der Waals surface area contributed by atoms with Gasteiger partial charge in [0.1, 0.15) is 5.75 Å². The van der Waals surface area contributed by atoms with Crippen LogP contribution in [0.5, 0.6) is 5.75 Å². The van der Waals surface area contributed by atoms with Gasteiger partial charge in [-0.15, -0.1) is 0 Å². The topological polar surface area (TPSA) is 84.1 Å². The number of hydrogen-bond acceptors (Lipinski definition) is 5. The lowest BCUT2D eigenvalue weighted by Crippen LogP contribution is -2.28. The van der Waals surface area contributed by atoms with E-state index in [9.17, 15) is 9.59 Å². The first-order chi connectivity index (χ1) is 14.5. The van der Waals surface area contributed by atoms with E-state index in [0.29, 0.717) is 34.6 Å². The molecule has 1 amide bonds. The van der Waals surface area contributed by atoms with Crippen molar-refractivity contribution in [2.24, 2.45) is 0 Å². The quantitative estimate of drug-likeness (QED) is 0.389. The van der Waals surface area contributed by atoms with E-state index >= 15 is 0 Å². The number of nitrogens with one attached hydrogen (secondary N) is 2. The Morgan fingerprint density at radius 3 is 2.70 bits per heavy atom. The first-order valence-corrected chi connectivity index (χ1v) is 10.8. The van der Waals surface area contributed by atoms with E-state index in [1.54, 1.807) is 7.11 Å². The number of aromatic amines is 1. The van der Waals surface area contributed by atoms with Gasteiger partial charge < -0.3 is 15.0 Å². The highest BCUT2D eigenvalue weighted by Crippen LogP contribution is 2.20. The van der Waals surface area contributed by atoms with Crippen LogP contribution < -0.4 is 15.6 Å². The van der Waals surface area contributed by atoms with E-state index in [4.69, 9.17) is 16.3 Å². The van der Waals surface area contributed by atoms with Crippen molar-refractivity contribution in [2.75, 3.05) is 13.7 Å². The minimum absolute atomic E-state index is 0.0528. The average molecular weight is 444 g/mol. The predicted molar refractivity (Wildman–Crippen MR) is 119 cm³/mol. The number of amides is 1. The maximum absolute atomic E-state index is 12.2. The minimum atomic E-state index is -0.278. The lowest BCUT2D eigenvalue weighted by molar-refractivity contribution is -0.120. The first kappa shape index (κ1) is 21.9. The molecule has 0 aliphatic rings. The molecule has 0 fully saturated rings. The molecule has 6 nitrogen and oxygen atoms in total. The normalized spacial score (nSPS) is 10.6. The van der Waals surface area contributed by atoms with Crippen LogP contribution in [0.2, 0.25) is 5.02 Å². The Kier molecular flexibility index (Phi) is 7.93. The van der Waals surface area contributed by atoms with Gasteiger partial charge in [-0.2, -0.15) is 0 Å². The van der Waals surface area contributed by atoms with Gasteiger partial charge in [0.2, 0.25) is 5.91 Å². The number of thioether (sulfide) groups is 1. The Morgan fingerprint density at radius 2 is 1.97 bits per heavy atom. The zero-order valence-corrected chi connectivity index (χ0v) is 18.1. The third-order valence-corrected chi connectivity index (χ3v) is 5.45. The number of hydrogen-bond donors (Lipinski definition) is 2. The molecular weight excluding hydrogens is 422 g/mol. The van der Waals surface area contributed by atoms with Crippen LogP contribution in [-0.4, -0.2) is 29.5 Å². The summed E-state index contributed by atoms with van der Waals surface area (Å²) in [4.78, 5) is 31.3. The zero-order valence-electron chi connectivity index (χ0n) is 16.5. The SMILES string of the molecule is COc1ccc(CCNC(=O)Cc2cc(=O)[nH]c(SCc3cccc(Cl)c3)n2)cc1. The molecule has 0 atom stereocenters. The summed E-state index contributed by atoms with van der Waals surface area (Å²) in [6.45, 7) is 0.505. The molecule has 0 unspecified atom stereocenters. The van der Waals surface area contributed by atoms with E-state index in [1.165, 1.54) is 17.8 Å². The van der Waals surface area contributed by atoms with Crippen LogP contribution in [0.1, 0.15) is 16.8 Å². The fourth-order valence-corrected chi connectivity index (χ4v) is 3.84. The van der Waals surface area contributed by atoms with Crippen LogP contribution in [0.15, 0.2) is 64.5 Å². The van der Waals surface area contributed by atoms with Gasteiger partial charge in [0, 0.05) is 23.4 Å². The largest absolute Gasteiger partial charge is 0.497 e. The highest BCUT2D eigenvalue weighted by Gasteiger charge is 2.08. The number of methoxy groups -OCH3 is 1.